The summed E-state index contributed by atoms with van der Waals surface area (Å²) < 4.78 is 29.2. The van der Waals surface area contributed by atoms with E-state index in [4.69, 9.17) is 21.8 Å². The summed E-state index contributed by atoms with van der Waals surface area (Å²) in [5.74, 6) is -2.26. The molecule has 0 saturated carbocycles. The standard InChI is InChI=1S/C29H26ClN3O7S/c1-41(38,39)20-4-2-3-16(11-20)12-23(29(36)37)32-27(34)25-22(30)13-19-15-33(9-7-21(19)26(25)31)28(35)18-6-5-17-8-10-40-24(17)14-18/h2-6,8,10-11,13-14,23H,7,9,12,15,31H2,1H3,(H,32,34)(H,36,37)/t23-/m0/s1. The van der Waals surface area contributed by atoms with Gasteiger partial charge in [0.2, 0.25) is 0 Å². The van der Waals surface area contributed by atoms with Gasteiger partial charge < -0.3 is 25.5 Å². The number of rotatable bonds is 7. The Morgan fingerprint density at radius 3 is 2.66 bits per heavy atom. The number of hydrogen-bond acceptors (Lipinski definition) is 7. The van der Waals surface area contributed by atoms with Gasteiger partial charge in [-0.3, -0.25) is 9.59 Å². The van der Waals surface area contributed by atoms with Gasteiger partial charge in [-0.15, -0.1) is 0 Å². The van der Waals surface area contributed by atoms with E-state index in [1.165, 1.54) is 18.2 Å². The van der Waals surface area contributed by atoms with E-state index in [0.29, 0.717) is 40.8 Å². The van der Waals surface area contributed by atoms with Crippen LogP contribution in [0.2, 0.25) is 5.02 Å². The highest BCUT2D eigenvalue weighted by molar-refractivity contribution is 7.90. The molecule has 0 radical (unpaired) electrons. The van der Waals surface area contributed by atoms with Crippen molar-refractivity contribution in [2.24, 2.45) is 0 Å². The fourth-order valence-electron chi connectivity index (χ4n) is 4.98. The van der Waals surface area contributed by atoms with E-state index in [-0.39, 0.29) is 40.0 Å². The lowest BCUT2D eigenvalue weighted by Crippen LogP contribution is -2.43. The lowest BCUT2D eigenvalue weighted by Gasteiger charge is -2.31. The number of carboxylic acid groups (broad SMARTS) is 1. The van der Waals surface area contributed by atoms with Crippen molar-refractivity contribution in [1.29, 1.82) is 0 Å². The third-order valence-electron chi connectivity index (χ3n) is 7.10. The maximum absolute atomic E-state index is 13.2. The number of sulfone groups is 1. The summed E-state index contributed by atoms with van der Waals surface area (Å²) >= 11 is 6.48. The lowest BCUT2D eigenvalue weighted by molar-refractivity contribution is -0.139. The number of carbonyl (C=O) groups is 3. The van der Waals surface area contributed by atoms with Gasteiger partial charge in [-0.1, -0.05) is 29.8 Å². The van der Waals surface area contributed by atoms with Gasteiger partial charge in [-0.25, -0.2) is 13.2 Å². The molecule has 12 heteroatoms. The zero-order valence-corrected chi connectivity index (χ0v) is 23.5. The first-order valence-electron chi connectivity index (χ1n) is 12.6. The number of aliphatic carboxylic acids is 1. The number of nitrogen functional groups attached to an aromatic ring is 1. The van der Waals surface area contributed by atoms with Crippen molar-refractivity contribution in [3.63, 3.8) is 0 Å². The molecule has 4 aromatic rings. The highest BCUT2D eigenvalue weighted by atomic mass is 35.5. The number of hydrogen-bond donors (Lipinski definition) is 3. The smallest absolute Gasteiger partial charge is 0.326 e. The Labute approximate surface area is 240 Å². The minimum absolute atomic E-state index is 0.0215. The second-order valence-corrected chi connectivity index (χ2v) is 12.3. The zero-order chi connectivity index (χ0) is 29.5. The maximum Gasteiger partial charge on any atom is 0.326 e. The van der Waals surface area contributed by atoms with Crippen molar-refractivity contribution in [3.8, 4) is 0 Å². The van der Waals surface area contributed by atoms with E-state index < -0.39 is 27.8 Å². The van der Waals surface area contributed by atoms with Crippen LogP contribution in [0.4, 0.5) is 5.69 Å². The van der Waals surface area contributed by atoms with E-state index in [0.717, 1.165) is 11.6 Å². The molecule has 1 aliphatic heterocycles. The summed E-state index contributed by atoms with van der Waals surface area (Å²) in [5, 5.41) is 13.1. The van der Waals surface area contributed by atoms with Gasteiger partial charge in [0.1, 0.15) is 11.6 Å². The molecule has 0 saturated heterocycles. The number of halogens is 1. The Bertz CT molecular complexity index is 1820. The molecular formula is C29H26ClN3O7S. The molecule has 1 aromatic heterocycles. The molecule has 3 aromatic carbocycles. The van der Waals surface area contributed by atoms with Gasteiger partial charge in [0.25, 0.3) is 11.8 Å². The highest BCUT2D eigenvalue weighted by Crippen LogP contribution is 2.34. The molecule has 0 bridgehead atoms. The van der Waals surface area contributed by atoms with Gasteiger partial charge in [0, 0.05) is 42.4 Å². The molecule has 5 rings (SSSR count). The minimum Gasteiger partial charge on any atom is -0.480 e. The molecule has 1 atom stereocenters. The Balaban J connectivity index is 1.35. The lowest BCUT2D eigenvalue weighted by atomic mass is 9.93. The highest BCUT2D eigenvalue weighted by Gasteiger charge is 2.29. The molecule has 1 aliphatic rings. The van der Waals surface area contributed by atoms with Gasteiger partial charge in [-0.05, 0) is 59.5 Å². The SMILES string of the molecule is CS(=O)(=O)c1cccc(C[C@H](NC(=O)c2c(Cl)cc3c(c2N)CCN(C(=O)c2ccc4ccoc4c2)C3)C(=O)O)c1. The summed E-state index contributed by atoms with van der Waals surface area (Å²) in [5.41, 5.74) is 9.32. The van der Waals surface area contributed by atoms with Crippen LogP contribution in [-0.4, -0.2) is 55.1 Å². The van der Waals surface area contributed by atoms with Crippen LogP contribution in [0.5, 0.6) is 0 Å². The van der Waals surface area contributed by atoms with Crippen LogP contribution in [-0.2, 0) is 34.0 Å². The number of carboxylic acids is 1. The molecule has 0 aliphatic carbocycles. The summed E-state index contributed by atoms with van der Waals surface area (Å²) in [4.78, 5) is 40.1. The summed E-state index contributed by atoms with van der Waals surface area (Å²) in [6.07, 6.45) is 2.82. The van der Waals surface area contributed by atoms with Crippen LogP contribution >= 0.6 is 11.6 Å². The van der Waals surface area contributed by atoms with E-state index >= 15 is 0 Å². The Morgan fingerprint density at radius 1 is 1.15 bits per heavy atom. The van der Waals surface area contributed by atoms with Crippen molar-refractivity contribution >= 4 is 55.9 Å². The second-order valence-electron chi connectivity index (χ2n) is 9.92. The number of furan rings is 1. The van der Waals surface area contributed by atoms with Crippen LogP contribution in [0.25, 0.3) is 11.0 Å². The molecular weight excluding hydrogens is 570 g/mol. The van der Waals surface area contributed by atoms with Crippen molar-refractivity contribution in [2.75, 3.05) is 18.5 Å². The Hall–Kier alpha value is -4.35. The number of nitrogens with one attached hydrogen (secondary N) is 1. The first-order valence-corrected chi connectivity index (χ1v) is 14.9. The number of benzene rings is 3. The quantitative estimate of drug-likeness (QED) is 0.273. The molecule has 0 spiro atoms. The third-order valence-corrected chi connectivity index (χ3v) is 8.51. The van der Waals surface area contributed by atoms with Gasteiger partial charge >= 0.3 is 5.97 Å². The minimum atomic E-state index is -3.50. The summed E-state index contributed by atoms with van der Waals surface area (Å²) in [6.45, 7) is 0.577. The number of nitrogens with zero attached hydrogens (tertiary/aromatic N) is 1. The van der Waals surface area contributed by atoms with Crippen LogP contribution < -0.4 is 11.1 Å². The third kappa shape index (κ3) is 5.77. The molecule has 0 unspecified atom stereocenters. The van der Waals surface area contributed by atoms with Crippen LogP contribution in [0, 0.1) is 0 Å². The average molecular weight is 596 g/mol. The first-order chi connectivity index (χ1) is 19.4. The van der Waals surface area contributed by atoms with Gasteiger partial charge in [0.05, 0.1) is 21.7 Å². The van der Waals surface area contributed by atoms with Crippen LogP contribution in [0.1, 0.15) is 37.4 Å². The first kappa shape index (κ1) is 28.2. The number of amides is 2. The average Bonchev–Trinajstić information content (AvgIpc) is 3.39. The number of carbonyl (C=O) groups excluding carboxylic acids is 2. The van der Waals surface area contributed by atoms with Crippen molar-refractivity contribution in [3.05, 3.63) is 93.7 Å². The van der Waals surface area contributed by atoms with E-state index in [2.05, 4.69) is 5.32 Å². The predicted molar refractivity (Wildman–Crippen MR) is 153 cm³/mol. The Kier molecular flexibility index (Phi) is 7.50. The van der Waals surface area contributed by atoms with E-state index in [9.17, 15) is 27.9 Å². The zero-order valence-electron chi connectivity index (χ0n) is 21.9. The fraction of sp³-hybridized carbons (Fsp3) is 0.207. The maximum atomic E-state index is 13.2. The van der Waals surface area contributed by atoms with Crippen molar-refractivity contribution in [1.82, 2.24) is 10.2 Å². The van der Waals surface area contributed by atoms with Crippen LogP contribution in [0.3, 0.4) is 0 Å². The second kappa shape index (κ2) is 10.9. The predicted octanol–water partition coefficient (Wildman–Crippen LogP) is 3.70. The van der Waals surface area contributed by atoms with Gasteiger partial charge in [-0.2, -0.15) is 0 Å². The summed E-state index contributed by atoms with van der Waals surface area (Å²) in [7, 11) is -3.50. The Morgan fingerprint density at radius 2 is 1.93 bits per heavy atom. The van der Waals surface area contributed by atoms with Crippen molar-refractivity contribution < 1.29 is 32.3 Å². The fourth-order valence-corrected chi connectivity index (χ4v) is 5.99. The molecule has 10 nitrogen and oxygen atoms in total. The summed E-state index contributed by atoms with van der Waals surface area (Å²) in [6, 6.07) is 13.1. The van der Waals surface area contributed by atoms with Crippen LogP contribution in [0.15, 0.2) is 70.2 Å². The number of anilines is 1. The monoisotopic (exact) mass is 595 g/mol. The molecule has 4 N–H and O–H groups in total. The molecule has 2 amide bonds. The topological polar surface area (TPSA) is 160 Å². The molecule has 212 valence electrons. The molecule has 0 fully saturated rings. The van der Waals surface area contributed by atoms with E-state index in [1.54, 1.807) is 35.4 Å². The number of nitrogens with two attached hydrogens (primary N) is 1. The largest absolute Gasteiger partial charge is 0.480 e. The van der Waals surface area contributed by atoms with Crippen molar-refractivity contribution in [2.45, 2.75) is 30.3 Å². The van der Waals surface area contributed by atoms with Gasteiger partial charge in [0.15, 0.2) is 9.84 Å². The molecule has 41 heavy (non-hydrogen) atoms. The number of fused-ring (bicyclic) bond motifs is 2. The normalized spacial score (nSPS) is 14.0. The van der Waals surface area contributed by atoms with E-state index in [1.807, 2.05) is 12.1 Å². The molecule has 2 heterocycles.